The van der Waals surface area contributed by atoms with Gasteiger partial charge in [0, 0.05) is 6.54 Å². The largest absolute Gasteiger partial charge is 0.487 e. The van der Waals surface area contributed by atoms with E-state index in [0.717, 1.165) is 47.0 Å². The summed E-state index contributed by atoms with van der Waals surface area (Å²) in [5, 5.41) is 11.5. The first-order chi connectivity index (χ1) is 14.1. The zero-order chi connectivity index (χ0) is 20.2. The molecule has 0 saturated carbocycles. The van der Waals surface area contributed by atoms with Crippen molar-refractivity contribution < 1.29 is 19.1 Å². The van der Waals surface area contributed by atoms with Crippen LogP contribution >= 0.6 is 11.3 Å². The van der Waals surface area contributed by atoms with Crippen molar-refractivity contribution in [3.05, 3.63) is 58.8 Å². The number of aromatic nitrogens is 1. The Morgan fingerprint density at radius 2 is 2.24 bits per heavy atom. The third kappa shape index (κ3) is 4.68. The molecule has 0 bridgehead atoms. The normalized spacial score (nSPS) is 17.3. The first-order valence-corrected chi connectivity index (χ1v) is 10.7. The zero-order valence-corrected chi connectivity index (χ0v) is 17.2. The van der Waals surface area contributed by atoms with Crippen molar-refractivity contribution in [1.82, 2.24) is 9.88 Å². The molecule has 1 fully saturated rings. The molecular formula is C22H24N2O4S. The van der Waals surface area contributed by atoms with E-state index in [2.05, 4.69) is 4.98 Å². The number of ether oxygens (including phenoxy) is 1. The Kier molecular flexibility index (Phi) is 5.97. The molecule has 1 saturated heterocycles. The number of thiophene rings is 1. The number of benzene rings is 1. The number of nitrogens with zero attached hydrogens (tertiary/aromatic N) is 2. The SMILES string of the molecule is Cc1oc(-c2cccs2)nc1COc1cccc(CN2CCCCC2C(=O)O)c1. The van der Waals surface area contributed by atoms with Crippen molar-refractivity contribution in [2.45, 2.75) is 45.4 Å². The molecular weight excluding hydrogens is 388 g/mol. The van der Waals surface area contributed by atoms with Crippen molar-refractivity contribution in [2.75, 3.05) is 6.54 Å². The van der Waals surface area contributed by atoms with Crippen LogP contribution in [0.15, 0.2) is 46.2 Å². The highest BCUT2D eigenvalue weighted by Gasteiger charge is 2.28. The minimum absolute atomic E-state index is 0.325. The Balaban J connectivity index is 1.41. The zero-order valence-electron chi connectivity index (χ0n) is 16.3. The molecule has 152 valence electrons. The molecule has 1 atom stereocenters. The molecule has 1 unspecified atom stereocenters. The predicted molar refractivity (Wildman–Crippen MR) is 111 cm³/mol. The molecule has 0 radical (unpaired) electrons. The molecule has 29 heavy (non-hydrogen) atoms. The van der Waals surface area contributed by atoms with Gasteiger partial charge in [0.05, 0.1) is 4.88 Å². The number of aryl methyl sites for hydroxylation is 1. The number of hydrogen-bond acceptors (Lipinski definition) is 6. The van der Waals surface area contributed by atoms with E-state index >= 15 is 0 Å². The fourth-order valence-corrected chi connectivity index (χ4v) is 4.30. The van der Waals surface area contributed by atoms with Gasteiger partial charge < -0.3 is 14.3 Å². The highest BCUT2D eigenvalue weighted by molar-refractivity contribution is 7.13. The maximum absolute atomic E-state index is 11.5. The second-order valence-electron chi connectivity index (χ2n) is 7.26. The van der Waals surface area contributed by atoms with Gasteiger partial charge in [-0.05, 0) is 55.5 Å². The summed E-state index contributed by atoms with van der Waals surface area (Å²) >= 11 is 1.59. The van der Waals surface area contributed by atoms with E-state index in [0.29, 0.717) is 25.5 Å². The van der Waals surface area contributed by atoms with E-state index in [1.54, 1.807) is 11.3 Å². The Hall–Kier alpha value is -2.64. The quantitative estimate of drug-likeness (QED) is 0.605. The van der Waals surface area contributed by atoms with Crippen LogP contribution in [0.1, 0.15) is 36.3 Å². The minimum Gasteiger partial charge on any atom is -0.487 e. The van der Waals surface area contributed by atoms with Gasteiger partial charge in [0.1, 0.15) is 29.9 Å². The molecule has 0 aliphatic carbocycles. The molecule has 7 heteroatoms. The standard InChI is InChI=1S/C22H24N2O4S/c1-15-18(23-21(28-15)20-9-5-11-29-20)14-27-17-7-4-6-16(12-17)13-24-10-3-2-8-19(24)22(25)26/h4-7,9,11-12,19H,2-3,8,10,13-14H2,1H3,(H,25,26). The second-order valence-corrected chi connectivity index (χ2v) is 8.20. The Bertz CT molecular complexity index is 967. The van der Waals surface area contributed by atoms with Gasteiger partial charge >= 0.3 is 5.97 Å². The minimum atomic E-state index is -0.736. The fraction of sp³-hybridized carbons (Fsp3) is 0.364. The number of oxazole rings is 1. The van der Waals surface area contributed by atoms with Gasteiger partial charge in [-0.25, -0.2) is 4.98 Å². The lowest BCUT2D eigenvalue weighted by molar-refractivity contribution is -0.144. The van der Waals surface area contributed by atoms with Crippen LogP contribution in [0.2, 0.25) is 0 Å². The van der Waals surface area contributed by atoms with Crippen LogP contribution in [0.4, 0.5) is 0 Å². The molecule has 1 N–H and O–H groups in total. The van der Waals surface area contributed by atoms with Crippen LogP contribution in [-0.2, 0) is 17.9 Å². The number of carboxylic acids is 1. The van der Waals surface area contributed by atoms with E-state index in [4.69, 9.17) is 9.15 Å². The van der Waals surface area contributed by atoms with Crippen LogP contribution in [0.3, 0.4) is 0 Å². The van der Waals surface area contributed by atoms with Gasteiger partial charge in [0.2, 0.25) is 5.89 Å². The van der Waals surface area contributed by atoms with Gasteiger partial charge in [0.15, 0.2) is 0 Å². The van der Waals surface area contributed by atoms with E-state index in [1.807, 2.05) is 53.6 Å². The van der Waals surface area contributed by atoms with Gasteiger partial charge in [0.25, 0.3) is 0 Å². The van der Waals surface area contributed by atoms with Crippen LogP contribution in [0.5, 0.6) is 5.75 Å². The number of piperidine rings is 1. The summed E-state index contributed by atoms with van der Waals surface area (Å²) in [4.78, 5) is 19.1. The highest BCUT2D eigenvalue weighted by atomic mass is 32.1. The Morgan fingerprint density at radius 3 is 3.03 bits per heavy atom. The summed E-state index contributed by atoms with van der Waals surface area (Å²) in [6.07, 6.45) is 2.72. The lowest BCUT2D eigenvalue weighted by Crippen LogP contribution is -2.43. The summed E-state index contributed by atoms with van der Waals surface area (Å²) in [6, 6.07) is 11.4. The smallest absolute Gasteiger partial charge is 0.320 e. The summed E-state index contributed by atoms with van der Waals surface area (Å²) in [6.45, 7) is 3.64. The van der Waals surface area contributed by atoms with Crippen molar-refractivity contribution >= 4 is 17.3 Å². The molecule has 1 aromatic carbocycles. The molecule has 4 rings (SSSR count). The van der Waals surface area contributed by atoms with Gasteiger partial charge in [-0.3, -0.25) is 9.69 Å². The van der Waals surface area contributed by atoms with Gasteiger partial charge in [-0.2, -0.15) is 0 Å². The first-order valence-electron chi connectivity index (χ1n) is 9.79. The van der Waals surface area contributed by atoms with Crippen molar-refractivity contribution in [3.63, 3.8) is 0 Å². The second kappa shape index (κ2) is 8.80. The van der Waals surface area contributed by atoms with E-state index in [1.165, 1.54) is 0 Å². The Morgan fingerprint density at radius 1 is 1.34 bits per heavy atom. The highest BCUT2D eigenvalue weighted by Crippen LogP contribution is 2.27. The summed E-state index contributed by atoms with van der Waals surface area (Å²) < 4.78 is 11.7. The Labute approximate surface area is 173 Å². The predicted octanol–water partition coefficient (Wildman–Crippen LogP) is 4.73. The number of hydrogen-bond donors (Lipinski definition) is 1. The monoisotopic (exact) mass is 412 g/mol. The topological polar surface area (TPSA) is 75.8 Å². The summed E-state index contributed by atoms with van der Waals surface area (Å²) in [5.41, 5.74) is 1.83. The molecule has 3 heterocycles. The molecule has 0 spiro atoms. The molecule has 1 aliphatic heterocycles. The number of likely N-dealkylation sites (tertiary alicyclic amines) is 1. The van der Waals surface area contributed by atoms with E-state index in [9.17, 15) is 9.90 Å². The number of aliphatic carboxylic acids is 1. The van der Waals surface area contributed by atoms with Crippen LogP contribution in [-0.4, -0.2) is 33.5 Å². The van der Waals surface area contributed by atoms with Crippen molar-refractivity contribution in [3.8, 4) is 16.5 Å². The van der Waals surface area contributed by atoms with Crippen LogP contribution < -0.4 is 4.74 Å². The third-order valence-corrected chi connectivity index (χ3v) is 6.04. The lowest BCUT2D eigenvalue weighted by Gasteiger charge is -2.32. The number of carbonyl (C=O) groups is 1. The average Bonchev–Trinajstić information content (AvgIpc) is 3.37. The molecule has 2 aromatic heterocycles. The van der Waals surface area contributed by atoms with Crippen LogP contribution in [0, 0.1) is 6.92 Å². The maximum atomic E-state index is 11.5. The first kappa shape index (κ1) is 19.7. The average molecular weight is 413 g/mol. The van der Waals surface area contributed by atoms with Crippen molar-refractivity contribution in [2.24, 2.45) is 0 Å². The third-order valence-electron chi connectivity index (χ3n) is 5.18. The molecule has 0 amide bonds. The molecule has 1 aliphatic rings. The van der Waals surface area contributed by atoms with E-state index in [-0.39, 0.29) is 0 Å². The van der Waals surface area contributed by atoms with Crippen LogP contribution in [0.25, 0.3) is 10.8 Å². The van der Waals surface area contributed by atoms with Gasteiger partial charge in [-0.15, -0.1) is 11.3 Å². The molecule has 6 nitrogen and oxygen atoms in total. The lowest BCUT2D eigenvalue weighted by atomic mass is 10.0. The molecule has 3 aromatic rings. The summed E-state index contributed by atoms with van der Waals surface area (Å²) in [7, 11) is 0. The number of rotatable bonds is 7. The van der Waals surface area contributed by atoms with Crippen molar-refractivity contribution in [1.29, 1.82) is 0 Å². The number of carboxylic acid groups (broad SMARTS) is 1. The fourth-order valence-electron chi connectivity index (χ4n) is 3.65. The maximum Gasteiger partial charge on any atom is 0.320 e. The van der Waals surface area contributed by atoms with Gasteiger partial charge in [-0.1, -0.05) is 24.6 Å². The summed E-state index contributed by atoms with van der Waals surface area (Å²) in [5.74, 6) is 1.38. The van der Waals surface area contributed by atoms with E-state index < -0.39 is 12.0 Å².